The number of ketones is 1. The van der Waals surface area contributed by atoms with E-state index in [9.17, 15) is 4.79 Å². The van der Waals surface area contributed by atoms with E-state index in [4.69, 9.17) is 12.2 Å². The van der Waals surface area contributed by atoms with Crippen molar-refractivity contribution in [1.29, 1.82) is 0 Å². The van der Waals surface area contributed by atoms with Gasteiger partial charge in [0.15, 0.2) is 10.9 Å². The summed E-state index contributed by atoms with van der Waals surface area (Å²) in [6, 6.07) is 0. The third-order valence-corrected chi connectivity index (χ3v) is 1.48. The minimum absolute atomic E-state index is 0.0842. The summed E-state index contributed by atoms with van der Waals surface area (Å²) < 4.78 is 0. The molecule has 0 aromatic heterocycles. The second-order valence-corrected chi connectivity index (χ2v) is 2.77. The van der Waals surface area contributed by atoms with Crippen molar-refractivity contribution in [3.8, 4) is 0 Å². The molecule has 5 heteroatoms. The van der Waals surface area contributed by atoms with Gasteiger partial charge in [0.05, 0.1) is 0 Å². The highest BCUT2D eigenvalue weighted by atomic mass is 32.1. The third-order valence-electron chi connectivity index (χ3n) is 1.24. The molecule has 0 radical (unpaired) electrons. The molecule has 0 aliphatic heterocycles. The molecule has 0 fully saturated rings. The highest BCUT2D eigenvalue weighted by Gasteiger charge is 1.97. The first kappa shape index (κ1) is 11.8. The first-order valence-corrected chi connectivity index (χ1v) is 4.18. The fourth-order valence-corrected chi connectivity index (χ4v) is 0.547. The van der Waals surface area contributed by atoms with E-state index in [1.807, 2.05) is 0 Å². The average molecular weight is 199 g/mol. The number of hydrogen-bond donors (Lipinski definition) is 2. The lowest BCUT2D eigenvalue weighted by atomic mass is 10.3. The zero-order valence-corrected chi connectivity index (χ0v) is 8.57. The molecule has 0 saturated carbocycles. The van der Waals surface area contributed by atoms with Gasteiger partial charge >= 0.3 is 0 Å². The van der Waals surface area contributed by atoms with Crippen LogP contribution >= 0.6 is 12.2 Å². The van der Waals surface area contributed by atoms with Crippen LogP contribution in [0, 0.1) is 0 Å². The maximum Gasteiger partial charge on any atom is 0.187 e. The Morgan fingerprint density at radius 1 is 1.62 bits per heavy atom. The molecule has 0 aromatic rings. The molecule has 0 rings (SSSR count). The molecule has 13 heavy (non-hydrogen) atoms. The van der Waals surface area contributed by atoms with Crippen molar-refractivity contribution in [3.63, 3.8) is 0 Å². The van der Waals surface area contributed by atoms with E-state index in [1.54, 1.807) is 13.0 Å². The monoisotopic (exact) mass is 199 g/mol. The number of nitrogens with one attached hydrogen (secondary N) is 2. The van der Waals surface area contributed by atoms with Crippen molar-refractivity contribution >= 4 is 28.8 Å². The predicted octanol–water partition coefficient (Wildman–Crippen LogP) is 0.601. The van der Waals surface area contributed by atoms with Gasteiger partial charge in [0.1, 0.15) is 5.71 Å². The number of carbonyl (C=O) groups is 1. The molecule has 0 amide bonds. The SMILES string of the molecule is C=CCNC(=S)N/N=C(\C)C(C)=O. The van der Waals surface area contributed by atoms with Crippen LogP contribution in [0.4, 0.5) is 0 Å². The van der Waals surface area contributed by atoms with Crippen molar-refractivity contribution in [2.45, 2.75) is 13.8 Å². The Morgan fingerprint density at radius 2 is 2.23 bits per heavy atom. The molecule has 0 heterocycles. The predicted molar refractivity (Wildman–Crippen MR) is 57.7 cm³/mol. The van der Waals surface area contributed by atoms with Gasteiger partial charge in [-0.3, -0.25) is 10.2 Å². The first-order valence-electron chi connectivity index (χ1n) is 3.78. The molecule has 0 spiro atoms. The number of nitrogens with zero attached hydrogens (tertiary/aromatic N) is 1. The normalized spacial score (nSPS) is 10.5. The van der Waals surface area contributed by atoms with Crippen LogP contribution in [-0.2, 0) is 4.79 Å². The van der Waals surface area contributed by atoms with Crippen LogP contribution in [-0.4, -0.2) is 23.2 Å². The molecule has 2 N–H and O–H groups in total. The van der Waals surface area contributed by atoms with E-state index in [1.165, 1.54) is 6.92 Å². The van der Waals surface area contributed by atoms with Gasteiger partial charge in [-0.05, 0) is 19.1 Å². The zero-order chi connectivity index (χ0) is 10.3. The van der Waals surface area contributed by atoms with Crippen LogP contribution in [0.5, 0.6) is 0 Å². The summed E-state index contributed by atoms with van der Waals surface area (Å²) in [7, 11) is 0. The van der Waals surface area contributed by atoms with E-state index < -0.39 is 0 Å². The lowest BCUT2D eigenvalue weighted by Gasteiger charge is -2.03. The van der Waals surface area contributed by atoms with Gasteiger partial charge in [0, 0.05) is 13.5 Å². The summed E-state index contributed by atoms with van der Waals surface area (Å²) in [5.74, 6) is -0.0842. The Bertz CT molecular complexity index is 248. The number of rotatable bonds is 4. The topological polar surface area (TPSA) is 53.5 Å². The molecule has 0 unspecified atom stereocenters. The van der Waals surface area contributed by atoms with Gasteiger partial charge in [-0.15, -0.1) is 6.58 Å². The minimum atomic E-state index is -0.0842. The summed E-state index contributed by atoms with van der Waals surface area (Å²) in [6.07, 6.45) is 1.68. The molecule has 0 saturated heterocycles. The fourth-order valence-electron chi connectivity index (χ4n) is 0.418. The van der Waals surface area contributed by atoms with Gasteiger partial charge < -0.3 is 5.32 Å². The lowest BCUT2D eigenvalue weighted by molar-refractivity contribution is -0.111. The standard InChI is InChI=1S/C8H13N3OS/c1-4-5-9-8(13)11-10-6(2)7(3)12/h4H,1,5H2,2-3H3,(H2,9,11,13)/b10-6+. The van der Waals surface area contributed by atoms with Gasteiger partial charge in [-0.25, -0.2) is 0 Å². The summed E-state index contributed by atoms with van der Waals surface area (Å²) in [6.45, 7) is 7.15. The van der Waals surface area contributed by atoms with Crippen LogP contribution in [0.3, 0.4) is 0 Å². The van der Waals surface area contributed by atoms with Crippen LogP contribution in [0.15, 0.2) is 17.8 Å². The van der Waals surface area contributed by atoms with Gasteiger partial charge in [0.2, 0.25) is 0 Å². The quantitative estimate of drug-likeness (QED) is 0.301. The number of thiocarbonyl (C=S) groups is 1. The van der Waals surface area contributed by atoms with Gasteiger partial charge in [0.25, 0.3) is 0 Å². The van der Waals surface area contributed by atoms with Crippen molar-refractivity contribution in [2.24, 2.45) is 5.10 Å². The molecule has 0 aliphatic carbocycles. The Balaban J connectivity index is 3.87. The second-order valence-electron chi connectivity index (χ2n) is 2.36. The minimum Gasteiger partial charge on any atom is -0.358 e. The number of carbonyl (C=O) groups excluding carboxylic acids is 1. The number of hydrogen-bond acceptors (Lipinski definition) is 3. The molecular formula is C8H13N3OS. The third kappa shape index (κ3) is 5.98. The van der Waals surface area contributed by atoms with Crippen LogP contribution < -0.4 is 10.7 Å². The van der Waals surface area contributed by atoms with Crippen molar-refractivity contribution < 1.29 is 4.79 Å². The summed E-state index contributed by atoms with van der Waals surface area (Å²) in [5, 5.41) is 6.94. The van der Waals surface area contributed by atoms with Crippen LogP contribution in [0.2, 0.25) is 0 Å². The van der Waals surface area contributed by atoms with E-state index in [2.05, 4.69) is 22.4 Å². The Hall–Kier alpha value is -1.23. The zero-order valence-electron chi connectivity index (χ0n) is 7.76. The Kier molecular flexibility index (Phi) is 5.71. The highest BCUT2D eigenvalue weighted by molar-refractivity contribution is 7.80. The van der Waals surface area contributed by atoms with E-state index in [-0.39, 0.29) is 5.78 Å². The summed E-state index contributed by atoms with van der Waals surface area (Å²) >= 11 is 4.84. The number of hydrazone groups is 1. The lowest BCUT2D eigenvalue weighted by Crippen LogP contribution is -2.32. The molecule has 4 nitrogen and oxygen atoms in total. The highest BCUT2D eigenvalue weighted by Crippen LogP contribution is 1.77. The second kappa shape index (κ2) is 6.30. The van der Waals surface area contributed by atoms with Crippen molar-refractivity contribution in [1.82, 2.24) is 10.7 Å². The van der Waals surface area contributed by atoms with E-state index in [0.717, 1.165) is 0 Å². The molecule has 0 atom stereocenters. The number of Topliss-reactive ketones (excluding diaryl/α,β-unsaturated/α-hetero) is 1. The molecule has 0 bridgehead atoms. The van der Waals surface area contributed by atoms with E-state index >= 15 is 0 Å². The summed E-state index contributed by atoms with van der Waals surface area (Å²) in [5.41, 5.74) is 2.93. The van der Waals surface area contributed by atoms with Crippen LogP contribution in [0.25, 0.3) is 0 Å². The first-order chi connectivity index (χ1) is 6.07. The molecular weight excluding hydrogens is 186 g/mol. The smallest absolute Gasteiger partial charge is 0.187 e. The largest absolute Gasteiger partial charge is 0.358 e. The molecule has 72 valence electrons. The maximum absolute atomic E-state index is 10.7. The molecule has 0 aromatic carbocycles. The summed E-state index contributed by atoms with van der Waals surface area (Å²) in [4.78, 5) is 10.7. The average Bonchev–Trinajstić information content (AvgIpc) is 2.10. The van der Waals surface area contributed by atoms with Crippen molar-refractivity contribution in [3.05, 3.63) is 12.7 Å². The van der Waals surface area contributed by atoms with E-state index in [0.29, 0.717) is 17.4 Å². The Morgan fingerprint density at radius 3 is 2.69 bits per heavy atom. The fraction of sp³-hybridized carbons (Fsp3) is 0.375. The maximum atomic E-state index is 10.7. The van der Waals surface area contributed by atoms with Crippen LogP contribution in [0.1, 0.15) is 13.8 Å². The Labute approximate surface area is 83.1 Å². The van der Waals surface area contributed by atoms with Gasteiger partial charge in [-0.1, -0.05) is 6.08 Å². The molecule has 0 aliphatic rings. The van der Waals surface area contributed by atoms with Crippen molar-refractivity contribution in [2.75, 3.05) is 6.54 Å². The van der Waals surface area contributed by atoms with Gasteiger partial charge in [-0.2, -0.15) is 5.10 Å².